The second-order valence-electron chi connectivity index (χ2n) is 14.2. The van der Waals surface area contributed by atoms with Crippen molar-refractivity contribution < 1.29 is 0 Å². The van der Waals surface area contributed by atoms with E-state index in [1.807, 2.05) is 0 Å². The molecule has 0 fully saturated rings. The number of hydrogen-bond donors (Lipinski definition) is 0. The van der Waals surface area contributed by atoms with Gasteiger partial charge in [0.05, 0.1) is 0 Å². The molecule has 5 aromatic carbocycles. The lowest BCUT2D eigenvalue weighted by molar-refractivity contribution is 0.638. The molecule has 0 saturated carbocycles. The van der Waals surface area contributed by atoms with Gasteiger partial charge in [-0.05, 0) is 83.3 Å². The second kappa shape index (κ2) is 12.2. The van der Waals surface area contributed by atoms with Crippen molar-refractivity contribution in [3.63, 3.8) is 0 Å². The first-order chi connectivity index (χ1) is 20.8. The van der Waals surface area contributed by atoms with E-state index in [9.17, 15) is 0 Å². The van der Waals surface area contributed by atoms with Gasteiger partial charge in [-0.1, -0.05) is 162 Å². The van der Waals surface area contributed by atoms with Gasteiger partial charge in [0.25, 0.3) is 0 Å². The monoisotopic (exact) mass is 578 g/mol. The minimum atomic E-state index is -0.0683. The predicted octanol–water partition coefficient (Wildman–Crippen LogP) is 11.9. The van der Waals surface area contributed by atoms with Crippen molar-refractivity contribution in [1.82, 2.24) is 0 Å². The topological polar surface area (TPSA) is 0 Å². The van der Waals surface area contributed by atoms with Crippen LogP contribution in [0, 0.1) is 27.7 Å². The highest BCUT2D eigenvalue weighted by Gasteiger charge is 2.26. The van der Waals surface area contributed by atoms with Crippen LogP contribution in [0.3, 0.4) is 0 Å². The van der Waals surface area contributed by atoms with Gasteiger partial charge in [-0.3, -0.25) is 0 Å². The van der Waals surface area contributed by atoms with Crippen LogP contribution in [0.1, 0.15) is 120 Å². The van der Waals surface area contributed by atoms with Gasteiger partial charge in [0.2, 0.25) is 0 Å². The first-order valence-corrected chi connectivity index (χ1v) is 16.2. The van der Waals surface area contributed by atoms with Crippen LogP contribution in [0.2, 0.25) is 0 Å². The van der Waals surface area contributed by atoms with Gasteiger partial charge >= 0.3 is 0 Å². The lowest BCUT2D eigenvalue weighted by atomic mass is 9.75. The molecule has 0 bridgehead atoms. The third kappa shape index (κ3) is 6.18. The minimum Gasteiger partial charge on any atom is -0.0617 e. The molecule has 226 valence electrons. The molecule has 2 unspecified atom stereocenters. The standard InChI is InChI=1S/C44H50/c1-29-14-20-37(21-15-29)43(7,8)39-24-18-31(3)41(27-39)33(5)35-12-11-13-36(26-35)34(6)42-28-40(25-19-32(42)4)44(9,10)38-22-16-30(2)17-23-38/h11-28,33-34H,1-10H3. The van der Waals surface area contributed by atoms with Crippen molar-refractivity contribution in [2.45, 2.75) is 91.9 Å². The van der Waals surface area contributed by atoms with Gasteiger partial charge in [-0.25, -0.2) is 0 Å². The van der Waals surface area contributed by atoms with E-state index in [0.717, 1.165) is 0 Å². The van der Waals surface area contributed by atoms with Gasteiger partial charge in [0, 0.05) is 22.7 Å². The summed E-state index contributed by atoms with van der Waals surface area (Å²) in [6, 6.07) is 41.5. The first kappa shape index (κ1) is 31.5. The average Bonchev–Trinajstić information content (AvgIpc) is 3.01. The van der Waals surface area contributed by atoms with Crippen LogP contribution in [-0.4, -0.2) is 0 Å². The lowest BCUT2D eigenvalue weighted by Crippen LogP contribution is -2.19. The normalized spacial score (nSPS) is 13.5. The summed E-state index contributed by atoms with van der Waals surface area (Å²) in [6.07, 6.45) is 0. The summed E-state index contributed by atoms with van der Waals surface area (Å²) < 4.78 is 0. The van der Waals surface area contributed by atoms with Crippen LogP contribution in [0.15, 0.2) is 109 Å². The van der Waals surface area contributed by atoms with E-state index < -0.39 is 0 Å². The molecule has 0 radical (unpaired) electrons. The molecule has 0 saturated heterocycles. The van der Waals surface area contributed by atoms with Crippen molar-refractivity contribution >= 4 is 0 Å². The molecular weight excluding hydrogens is 528 g/mol. The Labute approximate surface area is 267 Å². The molecule has 5 aromatic rings. The van der Waals surface area contributed by atoms with E-state index in [2.05, 4.69) is 178 Å². The Morgan fingerprint density at radius 1 is 0.409 bits per heavy atom. The molecule has 0 aliphatic rings. The fraction of sp³-hybridized carbons (Fsp3) is 0.318. The van der Waals surface area contributed by atoms with Crippen LogP contribution in [0.4, 0.5) is 0 Å². The second-order valence-corrected chi connectivity index (χ2v) is 14.2. The summed E-state index contributed by atoms with van der Waals surface area (Å²) in [4.78, 5) is 0. The number of aryl methyl sites for hydroxylation is 4. The maximum Gasteiger partial charge on any atom is 0.0146 e. The van der Waals surface area contributed by atoms with Crippen LogP contribution in [-0.2, 0) is 10.8 Å². The Morgan fingerprint density at radius 3 is 1.11 bits per heavy atom. The smallest absolute Gasteiger partial charge is 0.0146 e. The lowest BCUT2D eigenvalue weighted by Gasteiger charge is -2.29. The highest BCUT2D eigenvalue weighted by atomic mass is 14.3. The molecule has 2 atom stereocenters. The van der Waals surface area contributed by atoms with Crippen LogP contribution in [0.25, 0.3) is 0 Å². The third-order valence-electron chi connectivity index (χ3n) is 10.4. The third-order valence-corrected chi connectivity index (χ3v) is 10.4. The van der Waals surface area contributed by atoms with Crippen LogP contribution in [0.5, 0.6) is 0 Å². The van der Waals surface area contributed by atoms with E-state index in [1.54, 1.807) is 0 Å². The summed E-state index contributed by atoms with van der Waals surface area (Å²) in [5, 5.41) is 0. The van der Waals surface area contributed by atoms with E-state index in [4.69, 9.17) is 0 Å². The van der Waals surface area contributed by atoms with Gasteiger partial charge < -0.3 is 0 Å². The first-order valence-electron chi connectivity index (χ1n) is 16.2. The number of benzene rings is 5. The molecule has 0 aromatic heterocycles. The zero-order chi connectivity index (χ0) is 31.8. The highest BCUT2D eigenvalue weighted by molar-refractivity contribution is 5.49. The largest absolute Gasteiger partial charge is 0.0617 e. The summed E-state index contributed by atoms with van der Waals surface area (Å²) in [6.45, 7) is 22.9. The molecule has 0 aliphatic carbocycles. The Bertz CT molecular complexity index is 1620. The average molecular weight is 579 g/mol. The molecule has 0 aliphatic heterocycles. The summed E-state index contributed by atoms with van der Waals surface area (Å²) in [5.41, 5.74) is 16.1. The van der Waals surface area contributed by atoms with E-state index in [1.165, 1.54) is 66.8 Å². The molecule has 0 heteroatoms. The summed E-state index contributed by atoms with van der Waals surface area (Å²) in [7, 11) is 0. The molecule has 0 N–H and O–H groups in total. The van der Waals surface area contributed by atoms with Crippen molar-refractivity contribution in [1.29, 1.82) is 0 Å². The van der Waals surface area contributed by atoms with Crippen molar-refractivity contribution in [2.24, 2.45) is 0 Å². The minimum absolute atomic E-state index is 0.0683. The fourth-order valence-electron chi connectivity index (χ4n) is 6.72. The summed E-state index contributed by atoms with van der Waals surface area (Å²) in [5.74, 6) is 0.590. The number of hydrogen-bond acceptors (Lipinski definition) is 0. The van der Waals surface area contributed by atoms with Crippen LogP contribution >= 0.6 is 0 Å². The number of rotatable bonds is 8. The van der Waals surface area contributed by atoms with Crippen molar-refractivity contribution in [2.75, 3.05) is 0 Å². The Balaban J connectivity index is 1.46. The molecule has 0 nitrogen and oxygen atoms in total. The molecular formula is C44H50. The zero-order valence-corrected chi connectivity index (χ0v) is 28.5. The van der Waals surface area contributed by atoms with Gasteiger partial charge in [0.1, 0.15) is 0 Å². The quantitative estimate of drug-likeness (QED) is 0.172. The van der Waals surface area contributed by atoms with Crippen molar-refractivity contribution in [3.8, 4) is 0 Å². The predicted molar refractivity (Wildman–Crippen MR) is 190 cm³/mol. The molecule has 44 heavy (non-hydrogen) atoms. The summed E-state index contributed by atoms with van der Waals surface area (Å²) >= 11 is 0. The van der Waals surface area contributed by atoms with E-state index in [0.29, 0.717) is 11.8 Å². The van der Waals surface area contributed by atoms with E-state index >= 15 is 0 Å². The highest BCUT2D eigenvalue weighted by Crippen LogP contribution is 2.38. The molecule has 0 amide bonds. The fourth-order valence-corrected chi connectivity index (χ4v) is 6.72. The van der Waals surface area contributed by atoms with Gasteiger partial charge in [-0.15, -0.1) is 0 Å². The SMILES string of the molecule is Cc1ccc(C(C)(C)c2ccc(C)c(C(C)c3cccc(C(C)c4cc(C(C)(C)c5ccc(C)cc5)ccc4C)c3)c2)cc1. The Morgan fingerprint density at radius 2 is 0.750 bits per heavy atom. The maximum absolute atomic E-state index is 2.46. The Hall–Kier alpha value is -3.90. The van der Waals surface area contributed by atoms with Crippen molar-refractivity contribution in [3.05, 3.63) is 176 Å². The Kier molecular flexibility index (Phi) is 8.77. The molecule has 0 heterocycles. The maximum atomic E-state index is 2.46. The molecule has 0 spiro atoms. The van der Waals surface area contributed by atoms with Crippen LogP contribution < -0.4 is 0 Å². The molecule has 5 rings (SSSR count). The van der Waals surface area contributed by atoms with Gasteiger partial charge in [-0.2, -0.15) is 0 Å². The zero-order valence-electron chi connectivity index (χ0n) is 28.5. The van der Waals surface area contributed by atoms with Gasteiger partial charge in [0.15, 0.2) is 0 Å². The van der Waals surface area contributed by atoms with E-state index in [-0.39, 0.29) is 10.8 Å².